The average molecular weight is 835 g/mol. The summed E-state index contributed by atoms with van der Waals surface area (Å²) >= 11 is 0. The molecule has 2 aliphatic carbocycles. The minimum absolute atomic E-state index is 0.0123. The second-order valence-electron chi connectivity index (χ2n) is 18.9. The number of aromatic amines is 1. The molecule has 5 aromatic rings. The number of carbonyl (C=O) groups is 4. The van der Waals surface area contributed by atoms with Crippen LogP contribution in [0.25, 0.3) is 44.1 Å². The van der Waals surface area contributed by atoms with Gasteiger partial charge < -0.3 is 29.6 Å². The third-order valence-electron chi connectivity index (χ3n) is 14.3. The average Bonchev–Trinajstić information content (AvgIpc) is 3.93. The molecule has 62 heavy (non-hydrogen) atoms. The number of esters is 1. The molecule has 12 nitrogen and oxygen atoms in total. The third-order valence-corrected chi connectivity index (χ3v) is 14.3. The minimum Gasteiger partial charge on any atom is -0.469 e. The van der Waals surface area contributed by atoms with Gasteiger partial charge in [0, 0.05) is 24.2 Å². The van der Waals surface area contributed by atoms with Crippen LogP contribution in [-0.2, 0) is 30.3 Å². The predicted molar refractivity (Wildman–Crippen MR) is 238 cm³/mol. The Balaban J connectivity index is 0.843. The first-order valence-corrected chi connectivity index (χ1v) is 22.2. The molecule has 4 aromatic carbocycles. The first-order valence-electron chi connectivity index (χ1n) is 22.2. The van der Waals surface area contributed by atoms with E-state index in [4.69, 9.17) is 19.5 Å². The van der Waals surface area contributed by atoms with E-state index in [2.05, 4.69) is 77.0 Å². The molecule has 2 saturated heterocycles. The van der Waals surface area contributed by atoms with E-state index in [0.717, 1.165) is 92.5 Å². The molecule has 3 amide bonds. The van der Waals surface area contributed by atoms with E-state index in [9.17, 15) is 19.2 Å². The summed E-state index contributed by atoms with van der Waals surface area (Å²) in [4.78, 5) is 69.9. The number of piperidine rings is 2. The molecule has 3 aliphatic heterocycles. The lowest BCUT2D eigenvalue weighted by Gasteiger charge is -2.32. The minimum atomic E-state index is -0.652. The van der Waals surface area contributed by atoms with Crippen LogP contribution < -0.4 is 5.32 Å². The number of nitrogens with zero attached hydrogens (tertiary/aromatic N) is 4. The van der Waals surface area contributed by atoms with Gasteiger partial charge in [-0.05, 0) is 124 Å². The van der Waals surface area contributed by atoms with Crippen LogP contribution in [-0.4, -0.2) is 87.7 Å². The van der Waals surface area contributed by atoms with Crippen LogP contribution in [0.5, 0.6) is 0 Å². The Morgan fingerprint density at radius 1 is 0.726 bits per heavy atom. The number of methoxy groups -OCH3 is 2. The number of aliphatic imine (C=N–C) groups is 1. The van der Waals surface area contributed by atoms with E-state index >= 15 is 0 Å². The molecule has 2 saturated carbocycles. The molecule has 5 aliphatic rings. The van der Waals surface area contributed by atoms with Crippen molar-refractivity contribution in [1.29, 1.82) is 0 Å². The lowest BCUT2D eigenvalue weighted by molar-refractivity contribution is -0.149. The summed E-state index contributed by atoms with van der Waals surface area (Å²) in [5, 5.41) is 5.06. The zero-order valence-electron chi connectivity index (χ0n) is 36.2. The van der Waals surface area contributed by atoms with Gasteiger partial charge in [-0.2, -0.15) is 0 Å². The number of benzene rings is 4. The molecule has 10 rings (SSSR count). The maximum atomic E-state index is 14.0. The number of rotatable bonds is 11. The van der Waals surface area contributed by atoms with Crippen LogP contribution in [0.1, 0.15) is 77.2 Å². The number of likely N-dealkylation sites (tertiary alicyclic amines) is 2. The number of hydrogen-bond acceptors (Lipinski definition) is 8. The van der Waals surface area contributed by atoms with E-state index in [1.54, 1.807) is 0 Å². The van der Waals surface area contributed by atoms with Crippen molar-refractivity contribution in [2.75, 3.05) is 14.2 Å². The first-order chi connectivity index (χ1) is 29.9. The Morgan fingerprint density at radius 3 is 1.98 bits per heavy atom. The predicted octanol–water partition coefficient (Wildman–Crippen LogP) is 8.55. The van der Waals surface area contributed by atoms with E-state index in [-0.39, 0.29) is 60.2 Å². The van der Waals surface area contributed by atoms with Gasteiger partial charge in [-0.25, -0.2) is 9.78 Å². The molecule has 1 aromatic heterocycles. The van der Waals surface area contributed by atoms with Crippen molar-refractivity contribution in [2.24, 2.45) is 34.6 Å². The second kappa shape index (κ2) is 15.4. The Bertz CT molecular complexity index is 2680. The van der Waals surface area contributed by atoms with Crippen molar-refractivity contribution in [2.45, 2.75) is 96.4 Å². The molecule has 4 heterocycles. The first kappa shape index (κ1) is 40.1. The number of imidazole rings is 1. The van der Waals surface area contributed by atoms with Crippen molar-refractivity contribution < 1.29 is 28.7 Å². The fourth-order valence-electron chi connectivity index (χ4n) is 10.6. The summed E-state index contributed by atoms with van der Waals surface area (Å²) in [6.45, 7) is 7.87. The number of carbonyl (C=O) groups excluding carboxylic acids is 4. The van der Waals surface area contributed by atoms with E-state index < -0.39 is 18.1 Å². The number of ether oxygens (including phenoxy) is 2. The lowest BCUT2D eigenvalue weighted by Crippen LogP contribution is -2.55. The molecule has 8 atom stereocenters. The molecule has 2 N–H and O–H groups in total. The number of aromatic nitrogens is 2. The van der Waals surface area contributed by atoms with Crippen molar-refractivity contribution in [3.05, 3.63) is 84.2 Å². The summed E-state index contributed by atoms with van der Waals surface area (Å²) in [5.74, 6) is 0.871. The highest BCUT2D eigenvalue weighted by molar-refractivity contribution is 6.02. The van der Waals surface area contributed by atoms with Crippen LogP contribution in [0.3, 0.4) is 0 Å². The molecule has 0 radical (unpaired) electrons. The van der Waals surface area contributed by atoms with Crippen LogP contribution >= 0.6 is 0 Å². The largest absolute Gasteiger partial charge is 0.469 e. The molecule has 0 spiro atoms. The van der Waals surface area contributed by atoms with Crippen molar-refractivity contribution in [3.8, 4) is 22.3 Å². The van der Waals surface area contributed by atoms with Gasteiger partial charge in [0.15, 0.2) is 0 Å². The Labute approximate surface area is 361 Å². The van der Waals surface area contributed by atoms with Gasteiger partial charge in [0.1, 0.15) is 11.9 Å². The van der Waals surface area contributed by atoms with Crippen LogP contribution in [0.2, 0.25) is 0 Å². The number of fused-ring (bicyclic) bond motifs is 5. The van der Waals surface area contributed by atoms with Crippen LogP contribution in [0.4, 0.5) is 10.5 Å². The Hall–Kier alpha value is -6.04. The number of nitrogens with one attached hydrogen (secondary N) is 2. The fraction of sp³-hybridized carbons (Fsp3) is 0.440. The highest BCUT2D eigenvalue weighted by atomic mass is 16.5. The molecule has 4 fully saturated rings. The Kier molecular flexibility index (Phi) is 9.95. The maximum absolute atomic E-state index is 14.0. The summed E-state index contributed by atoms with van der Waals surface area (Å²) in [6.07, 6.45) is 3.98. The van der Waals surface area contributed by atoms with E-state index in [1.807, 2.05) is 43.6 Å². The normalized spacial score (nSPS) is 24.2. The molecule has 1 unspecified atom stereocenters. The van der Waals surface area contributed by atoms with Crippen molar-refractivity contribution >= 4 is 57.1 Å². The molecular formula is C50H54N6O6. The lowest BCUT2D eigenvalue weighted by atomic mass is 9.90. The third kappa shape index (κ3) is 7.10. The summed E-state index contributed by atoms with van der Waals surface area (Å²) in [6, 6.07) is 25.5. The number of hydrogen-bond donors (Lipinski definition) is 2. The maximum Gasteiger partial charge on any atom is 0.407 e. The standard InChI is InChI=1S/C50H54N6O6/c1-25(2)36(24-45(57)61-5)48(58)56-42-21-35(42)23-44(56)47-52-38-14-12-32(18-39(38)53-47)30-10-9-27-15-29(8-7-28(27)16-30)31-11-13-37-33(17-31)19-40(51-37)43-22-34-20-41(34)55(43)49(59)46(26(3)4)54-50(60)62-6/h7-18,25-26,34-36,41-44,46H,19-24H2,1-6H3,(H,52,53)(H,54,60)/t34-,35-,36?,41-,42-,43+,44+,46+/m1/s1. The van der Waals surface area contributed by atoms with E-state index in [1.165, 1.54) is 14.2 Å². The zero-order valence-corrected chi connectivity index (χ0v) is 36.2. The zero-order chi connectivity index (χ0) is 43.1. The van der Waals surface area contributed by atoms with Gasteiger partial charge >= 0.3 is 12.1 Å². The number of alkyl carbamates (subject to hydrolysis) is 1. The van der Waals surface area contributed by atoms with Crippen LogP contribution in [0.15, 0.2) is 77.8 Å². The van der Waals surface area contributed by atoms with Crippen molar-refractivity contribution in [3.63, 3.8) is 0 Å². The van der Waals surface area contributed by atoms with Gasteiger partial charge in [0.25, 0.3) is 0 Å². The molecule has 320 valence electrons. The summed E-state index contributed by atoms with van der Waals surface area (Å²) in [7, 11) is 2.69. The highest BCUT2D eigenvalue weighted by Gasteiger charge is 2.57. The van der Waals surface area contributed by atoms with Gasteiger partial charge in [-0.1, -0.05) is 64.1 Å². The smallest absolute Gasteiger partial charge is 0.407 e. The molecular weight excluding hydrogens is 781 g/mol. The quantitative estimate of drug-likeness (QED) is 0.127. The monoisotopic (exact) mass is 834 g/mol. The number of H-pyrrole nitrogens is 1. The summed E-state index contributed by atoms with van der Waals surface area (Å²) < 4.78 is 9.77. The number of amides is 3. The highest BCUT2D eigenvalue weighted by Crippen LogP contribution is 2.54. The van der Waals surface area contributed by atoms with E-state index in [0.29, 0.717) is 18.3 Å². The molecule has 12 heteroatoms. The molecule has 0 bridgehead atoms. The topological polar surface area (TPSA) is 146 Å². The van der Waals surface area contributed by atoms with Gasteiger partial charge in [-0.3, -0.25) is 19.4 Å². The van der Waals surface area contributed by atoms with Gasteiger partial charge in [0.05, 0.1) is 55.4 Å². The summed E-state index contributed by atoms with van der Waals surface area (Å²) in [5.41, 5.74) is 9.36. The van der Waals surface area contributed by atoms with Gasteiger partial charge in [-0.15, -0.1) is 0 Å². The van der Waals surface area contributed by atoms with Crippen LogP contribution in [0, 0.1) is 29.6 Å². The van der Waals surface area contributed by atoms with Gasteiger partial charge in [0.2, 0.25) is 11.8 Å². The Morgan fingerprint density at radius 2 is 1.34 bits per heavy atom. The SMILES string of the molecule is COC(=O)CC(C(=O)N1[C@@H]2C[C@@H]2C[C@H]1c1nc2ccc(-c3ccc4cc(-c5ccc6c(c5)CC([C@@H]5C[C@H]7C[C@H]7N5C(=O)[C@@H](NC(=O)OC)C(C)C)=N6)ccc4c3)cc2[nH]1)C(C)C. The fourth-order valence-corrected chi connectivity index (χ4v) is 10.6. The van der Waals surface area contributed by atoms with Crippen molar-refractivity contribution in [1.82, 2.24) is 25.1 Å². The second-order valence-corrected chi connectivity index (χ2v) is 18.9.